The van der Waals surface area contributed by atoms with Gasteiger partial charge in [0, 0.05) is 0 Å². The van der Waals surface area contributed by atoms with Gasteiger partial charge in [-0.15, -0.1) is 0 Å². The third kappa shape index (κ3) is 6.99. The van der Waals surface area contributed by atoms with Gasteiger partial charge in [0.25, 0.3) is 0 Å². The Morgan fingerprint density at radius 1 is 0.737 bits per heavy atom. The lowest BCUT2D eigenvalue weighted by atomic mass is 9.97. The van der Waals surface area contributed by atoms with Gasteiger partial charge < -0.3 is 54.0 Å². The summed E-state index contributed by atoms with van der Waals surface area (Å²) >= 11 is 0. The summed E-state index contributed by atoms with van der Waals surface area (Å²) in [4.78, 5) is 37.9. The summed E-state index contributed by atoms with van der Waals surface area (Å²) in [6.45, 7) is 6.73. The van der Waals surface area contributed by atoms with Gasteiger partial charge >= 0.3 is 17.9 Å². The van der Waals surface area contributed by atoms with Gasteiger partial charge in [0.15, 0.2) is 18.3 Å². The van der Waals surface area contributed by atoms with Gasteiger partial charge in [0.1, 0.15) is 31.0 Å². The number of carbonyl (C=O) groups excluding carboxylic acids is 3. The minimum Gasteiger partial charge on any atom is -0.455 e. The van der Waals surface area contributed by atoms with Gasteiger partial charge in [-0.25, -0.2) is 0 Å². The Morgan fingerprint density at radius 2 is 1.18 bits per heavy atom. The van der Waals surface area contributed by atoms with E-state index in [-0.39, 0.29) is 0 Å². The zero-order valence-electron chi connectivity index (χ0n) is 22.4. The summed E-state index contributed by atoms with van der Waals surface area (Å²) in [5, 5.41) is 50.5. The molecule has 2 rings (SSSR count). The van der Waals surface area contributed by atoms with Crippen molar-refractivity contribution in [2.24, 2.45) is 17.8 Å². The average Bonchev–Trinajstić information content (AvgIpc) is 3.11. The SMILES string of the molecule is CC(C)C(=O)O[C@@H]1[C@@H](OC(=O)C(C)C)[C@@H](O[C@]2(CO)O[C@H](CO)[C@@H](O)[C@@H]2O)O[C@H](CO)[C@H]1OC(=O)C(C)C. The Labute approximate surface area is 220 Å². The van der Waals surface area contributed by atoms with Gasteiger partial charge in [-0.05, 0) is 0 Å². The first-order valence-corrected chi connectivity index (χ1v) is 12.5. The van der Waals surface area contributed by atoms with Crippen LogP contribution in [0.25, 0.3) is 0 Å². The molecule has 2 aliphatic rings. The molecule has 0 aromatic rings. The van der Waals surface area contributed by atoms with Crippen LogP contribution in [0.4, 0.5) is 0 Å². The summed E-state index contributed by atoms with van der Waals surface area (Å²) in [5.74, 6) is -6.57. The van der Waals surface area contributed by atoms with Gasteiger partial charge in [-0.2, -0.15) is 0 Å². The lowest BCUT2D eigenvalue weighted by Crippen LogP contribution is -2.65. The van der Waals surface area contributed by atoms with Crippen molar-refractivity contribution < 1.29 is 68.3 Å². The second-order valence-electron chi connectivity index (χ2n) is 10.3. The highest BCUT2D eigenvalue weighted by Gasteiger charge is 2.60. The molecule has 0 bridgehead atoms. The van der Waals surface area contributed by atoms with Crippen molar-refractivity contribution in [2.75, 3.05) is 19.8 Å². The van der Waals surface area contributed by atoms with Crippen molar-refractivity contribution >= 4 is 17.9 Å². The first-order chi connectivity index (χ1) is 17.7. The van der Waals surface area contributed by atoms with Crippen LogP contribution < -0.4 is 0 Å². The first kappa shape index (κ1) is 32.3. The smallest absolute Gasteiger partial charge is 0.308 e. The second-order valence-corrected chi connectivity index (χ2v) is 10.3. The summed E-state index contributed by atoms with van der Waals surface area (Å²) in [6.07, 6.45) is -12.7. The number of ether oxygens (including phenoxy) is 6. The Bertz CT molecular complexity index is 816. The molecule has 14 heteroatoms. The molecule has 2 heterocycles. The van der Waals surface area contributed by atoms with E-state index in [1.54, 1.807) is 27.7 Å². The predicted octanol–water partition coefficient (Wildman–Crippen LogP) is -1.77. The van der Waals surface area contributed by atoms with Crippen molar-refractivity contribution in [3.05, 3.63) is 0 Å². The second kappa shape index (κ2) is 13.4. The highest BCUT2D eigenvalue weighted by Crippen LogP contribution is 2.38. The fourth-order valence-corrected chi connectivity index (χ4v) is 3.80. The Balaban J connectivity index is 2.57. The van der Waals surface area contributed by atoms with Crippen molar-refractivity contribution in [1.29, 1.82) is 0 Å². The van der Waals surface area contributed by atoms with E-state index in [2.05, 4.69) is 0 Å². The van der Waals surface area contributed by atoms with E-state index in [9.17, 15) is 39.9 Å². The van der Waals surface area contributed by atoms with Crippen LogP contribution in [0.1, 0.15) is 41.5 Å². The molecule has 0 amide bonds. The molecule has 0 spiro atoms. The molecule has 2 saturated heterocycles. The molecule has 38 heavy (non-hydrogen) atoms. The number of rotatable bonds is 11. The summed E-state index contributed by atoms with van der Waals surface area (Å²) in [7, 11) is 0. The van der Waals surface area contributed by atoms with Crippen molar-refractivity contribution in [3.8, 4) is 0 Å². The summed E-state index contributed by atoms with van der Waals surface area (Å²) in [6, 6.07) is 0. The normalized spacial score (nSPS) is 35.5. The molecule has 0 aliphatic carbocycles. The number of carbonyl (C=O) groups is 3. The maximum atomic E-state index is 12.7. The molecule has 0 aromatic carbocycles. The van der Waals surface area contributed by atoms with Crippen LogP contribution in [0.2, 0.25) is 0 Å². The fourth-order valence-electron chi connectivity index (χ4n) is 3.80. The molecule has 14 nitrogen and oxygen atoms in total. The van der Waals surface area contributed by atoms with Crippen LogP contribution in [-0.4, -0.2) is 118 Å². The van der Waals surface area contributed by atoms with Gasteiger partial charge in [0.2, 0.25) is 12.1 Å². The summed E-state index contributed by atoms with van der Waals surface area (Å²) in [5.41, 5.74) is 0. The molecule has 220 valence electrons. The molecule has 9 atom stereocenters. The number of hydrogen-bond acceptors (Lipinski definition) is 14. The quantitative estimate of drug-likeness (QED) is 0.142. The molecular weight excluding hydrogens is 512 g/mol. The van der Waals surface area contributed by atoms with Gasteiger partial charge in [0.05, 0.1) is 31.0 Å². The third-order valence-corrected chi connectivity index (χ3v) is 6.16. The first-order valence-electron chi connectivity index (χ1n) is 12.5. The summed E-state index contributed by atoms with van der Waals surface area (Å²) < 4.78 is 33.6. The predicted molar refractivity (Wildman–Crippen MR) is 125 cm³/mol. The number of esters is 3. The van der Waals surface area contributed by atoms with Gasteiger partial charge in [-0.3, -0.25) is 14.4 Å². The number of aliphatic hydroxyl groups excluding tert-OH is 5. The Kier molecular flexibility index (Phi) is 11.4. The van der Waals surface area contributed by atoms with E-state index in [0.29, 0.717) is 0 Å². The van der Waals surface area contributed by atoms with Crippen molar-refractivity contribution in [3.63, 3.8) is 0 Å². The van der Waals surface area contributed by atoms with E-state index in [1.165, 1.54) is 13.8 Å². The molecule has 0 radical (unpaired) electrons. The van der Waals surface area contributed by atoms with Crippen LogP contribution in [0.15, 0.2) is 0 Å². The van der Waals surface area contributed by atoms with Crippen LogP contribution in [0.3, 0.4) is 0 Å². The fraction of sp³-hybridized carbons (Fsp3) is 0.875. The standard InChI is InChI=1S/C24H40O14/c1-10(2)20(30)34-16-14(8-26)33-23(38-24(9-27)19(29)15(28)13(7-25)37-24)18(36-22(32)12(5)6)17(16)35-21(31)11(3)4/h10-19,23,25-29H,7-9H2,1-6H3/t13-,14-,15-,16-,17+,18-,19+,23-,24+/m1/s1. The maximum absolute atomic E-state index is 12.7. The van der Waals surface area contributed by atoms with E-state index in [0.717, 1.165) is 0 Å². The molecule has 5 N–H and O–H groups in total. The monoisotopic (exact) mass is 552 g/mol. The average molecular weight is 553 g/mol. The lowest BCUT2D eigenvalue weighted by molar-refractivity contribution is -0.384. The minimum atomic E-state index is -2.37. The molecule has 2 fully saturated rings. The minimum absolute atomic E-state index is 0.613. The van der Waals surface area contributed by atoms with Crippen molar-refractivity contribution in [1.82, 2.24) is 0 Å². The van der Waals surface area contributed by atoms with Crippen LogP contribution in [0.5, 0.6) is 0 Å². The zero-order chi connectivity index (χ0) is 28.9. The molecule has 2 aliphatic heterocycles. The van der Waals surface area contributed by atoms with E-state index in [1.807, 2.05) is 0 Å². The third-order valence-electron chi connectivity index (χ3n) is 6.16. The number of aliphatic hydroxyl groups is 5. The van der Waals surface area contributed by atoms with Crippen molar-refractivity contribution in [2.45, 2.75) is 96.3 Å². The lowest BCUT2D eigenvalue weighted by Gasteiger charge is -2.46. The number of hydrogen-bond donors (Lipinski definition) is 5. The van der Waals surface area contributed by atoms with E-state index < -0.39 is 110 Å². The molecular formula is C24H40O14. The van der Waals surface area contributed by atoms with E-state index in [4.69, 9.17) is 28.4 Å². The molecule has 0 aromatic heterocycles. The van der Waals surface area contributed by atoms with Gasteiger partial charge in [-0.1, -0.05) is 41.5 Å². The molecule has 0 unspecified atom stereocenters. The topological polar surface area (TPSA) is 208 Å². The maximum Gasteiger partial charge on any atom is 0.308 e. The molecule has 0 saturated carbocycles. The Hall–Kier alpha value is -1.91. The largest absolute Gasteiger partial charge is 0.455 e. The Morgan fingerprint density at radius 3 is 1.58 bits per heavy atom. The highest BCUT2D eigenvalue weighted by atomic mass is 16.8. The van der Waals surface area contributed by atoms with Crippen LogP contribution in [0, 0.1) is 17.8 Å². The van der Waals surface area contributed by atoms with E-state index >= 15 is 0 Å². The van der Waals surface area contributed by atoms with Crippen LogP contribution >= 0.6 is 0 Å². The van der Waals surface area contributed by atoms with Crippen LogP contribution in [-0.2, 0) is 42.8 Å². The highest BCUT2D eigenvalue weighted by molar-refractivity contribution is 5.74. The zero-order valence-corrected chi connectivity index (χ0v) is 22.4.